The third kappa shape index (κ3) is 1.78. The van der Waals surface area contributed by atoms with Gasteiger partial charge in [-0.3, -0.25) is 4.68 Å². The van der Waals surface area contributed by atoms with Crippen LogP contribution in [0.2, 0.25) is 0 Å². The molecule has 7 heteroatoms. The van der Waals surface area contributed by atoms with E-state index in [4.69, 9.17) is 0 Å². The molecule has 0 bridgehead atoms. The molecule has 7 nitrogen and oxygen atoms in total. The third-order valence-electron chi connectivity index (χ3n) is 2.94. The smallest absolute Gasteiger partial charge is 0.182 e. The summed E-state index contributed by atoms with van der Waals surface area (Å²) in [7, 11) is 1.87. The highest BCUT2D eigenvalue weighted by Crippen LogP contribution is 2.25. The lowest BCUT2D eigenvalue weighted by Gasteiger charge is -2.18. The predicted molar refractivity (Wildman–Crippen MR) is 70.3 cm³/mol. The highest BCUT2D eigenvalue weighted by molar-refractivity contribution is 5.85. The van der Waals surface area contributed by atoms with Gasteiger partial charge in [-0.25, -0.2) is 14.6 Å². The molecule has 3 rings (SSSR count). The quantitative estimate of drug-likeness (QED) is 0.658. The van der Waals surface area contributed by atoms with Gasteiger partial charge < -0.3 is 0 Å². The average molecular weight is 257 g/mol. The summed E-state index contributed by atoms with van der Waals surface area (Å²) < 4.78 is 3.57. The van der Waals surface area contributed by atoms with Crippen LogP contribution in [-0.2, 0) is 12.6 Å². The molecule has 3 aromatic heterocycles. The van der Waals surface area contributed by atoms with Gasteiger partial charge in [0.1, 0.15) is 12.0 Å². The first kappa shape index (κ1) is 11.8. The van der Waals surface area contributed by atoms with Gasteiger partial charge in [-0.1, -0.05) is 5.21 Å². The number of nitrogens with zero attached hydrogens (tertiary/aromatic N) is 7. The van der Waals surface area contributed by atoms with E-state index in [1.165, 1.54) is 6.33 Å². The Morgan fingerprint density at radius 3 is 2.58 bits per heavy atom. The molecule has 0 atom stereocenters. The number of hydrogen-bond acceptors (Lipinski definition) is 5. The minimum atomic E-state index is -0.174. The second kappa shape index (κ2) is 3.84. The molecule has 3 aromatic rings. The third-order valence-corrected chi connectivity index (χ3v) is 2.94. The van der Waals surface area contributed by atoms with Crippen molar-refractivity contribution in [2.75, 3.05) is 0 Å². The zero-order chi connectivity index (χ0) is 13.6. The largest absolute Gasteiger partial charge is 0.266 e. The lowest BCUT2D eigenvalue weighted by Crippen LogP contribution is -2.23. The molecule has 3 heterocycles. The van der Waals surface area contributed by atoms with E-state index >= 15 is 0 Å². The lowest BCUT2D eigenvalue weighted by molar-refractivity contribution is 0.356. The van der Waals surface area contributed by atoms with Crippen molar-refractivity contribution in [1.29, 1.82) is 0 Å². The minimum absolute atomic E-state index is 0.174. The first-order valence-electron chi connectivity index (χ1n) is 6.04. The molecule has 0 saturated heterocycles. The van der Waals surface area contributed by atoms with Crippen LogP contribution in [0.4, 0.5) is 0 Å². The number of hydrogen-bond donors (Lipinski definition) is 0. The van der Waals surface area contributed by atoms with Crippen LogP contribution in [-0.4, -0.2) is 34.7 Å². The van der Waals surface area contributed by atoms with E-state index in [9.17, 15) is 0 Å². The molecule has 98 valence electrons. The Bertz CT molecular complexity index is 732. The Kier molecular flexibility index (Phi) is 2.38. The van der Waals surface area contributed by atoms with Crippen LogP contribution in [0.1, 0.15) is 20.8 Å². The molecule has 0 aliphatic rings. The Labute approximate surface area is 110 Å². The van der Waals surface area contributed by atoms with E-state index in [0.29, 0.717) is 5.52 Å². The molecule has 0 aliphatic carbocycles. The predicted octanol–water partition coefficient (Wildman–Crippen LogP) is 1.38. The van der Waals surface area contributed by atoms with Gasteiger partial charge in [0, 0.05) is 13.2 Å². The normalized spacial score (nSPS) is 12.2. The first-order chi connectivity index (χ1) is 8.98. The van der Waals surface area contributed by atoms with E-state index in [1.807, 2.05) is 17.8 Å². The highest BCUT2D eigenvalue weighted by atomic mass is 15.5. The average Bonchev–Trinajstić information content (AvgIpc) is 2.93. The summed E-state index contributed by atoms with van der Waals surface area (Å²) in [6, 6.07) is 1.90. The summed E-state index contributed by atoms with van der Waals surface area (Å²) >= 11 is 0. The van der Waals surface area contributed by atoms with E-state index in [-0.39, 0.29) is 5.54 Å². The Hall–Kier alpha value is -2.31. The molecular weight excluding hydrogens is 242 g/mol. The summed E-state index contributed by atoms with van der Waals surface area (Å²) in [5.74, 6) is 0. The molecule has 0 saturated carbocycles. The molecule has 0 unspecified atom stereocenters. The van der Waals surface area contributed by atoms with Gasteiger partial charge >= 0.3 is 0 Å². The fourth-order valence-electron chi connectivity index (χ4n) is 1.99. The molecule has 0 spiro atoms. The Morgan fingerprint density at radius 2 is 1.95 bits per heavy atom. The van der Waals surface area contributed by atoms with Gasteiger partial charge in [-0.15, -0.1) is 5.10 Å². The molecule has 0 N–H and O–H groups in total. The SMILES string of the molecule is Cn1nccc1-c1ncnc2c1nnn2C(C)(C)C. The summed E-state index contributed by atoms with van der Waals surface area (Å²) in [6.45, 7) is 6.19. The topological polar surface area (TPSA) is 74.3 Å². The van der Waals surface area contributed by atoms with Crippen LogP contribution in [0, 0.1) is 0 Å². The van der Waals surface area contributed by atoms with Gasteiger partial charge in [-0.05, 0) is 26.8 Å². The van der Waals surface area contributed by atoms with Crippen molar-refractivity contribution in [3.63, 3.8) is 0 Å². The molecule has 0 fully saturated rings. The minimum Gasteiger partial charge on any atom is -0.266 e. The van der Waals surface area contributed by atoms with Crippen molar-refractivity contribution in [1.82, 2.24) is 34.7 Å². The van der Waals surface area contributed by atoms with Crippen LogP contribution in [0.3, 0.4) is 0 Å². The van der Waals surface area contributed by atoms with Crippen LogP contribution in [0.25, 0.3) is 22.6 Å². The van der Waals surface area contributed by atoms with E-state index < -0.39 is 0 Å². The molecular formula is C12H15N7. The number of aryl methyl sites for hydroxylation is 1. The summed E-state index contributed by atoms with van der Waals surface area (Å²) in [5.41, 5.74) is 2.90. The fourth-order valence-corrected chi connectivity index (χ4v) is 1.99. The lowest BCUT2D eigenvalue weighted by atomic mass is 10.1. The maximum atomic E-state index is 4.32. The van der Waals surface area contributed by atoms with Crippen molar-refractivity contribution >= 4 is 11.2 Å². The van der Waals surface area contributed by atoms with Crippen molar-refractivity contribution in [3.8, 4) is 11.4 Å². The van der Waals surface area contributed by atoms with Crippen LogP contribution in [0.5, 0.6) is 0 Å². The van der Waals surface area contributed by atoms with Gasteiger partial charge in [0.2, 0.25) is 0 Å². The van der Waals surface area contributed by atoms with Crippen molar-refractivity contribution in [3.05, 3.63) is 18.6 Å². The Morgan fingerprint density at radius 1 is 1.16 bits per heavy atom. The molecule has 0 radical (unpaired) electrons. The van der Waals surface area contributed by atoms with Gasteiger partial charge in [0.05, 0.1) is 11.2 Å². The van der Waals surface area contributed by atoms with E-state index in [0.717, 1.165) is 17.0 Å². The summed E-state index contributed by atoms with van der Waals surface area (Å²) in [5, 5.41) is 12.6. The van der Waals surface area contributed by atoms with Crippen molar-refractivity contribution in [2.45, 2.75) is 26.3 Å². The summed E-state index contributed by atoms with van der Waals surface area (Å²) in [6.07, 6.45) is 3.27. The molecule has 0 amide bonds. The zero-order valence-corrected chi connectivity index (χ0v) is 11.4. The van der Waals surface area contributed by atoms with Gasteiger partial charge in [0.25, 0.3) is 0 Å². The second-order valence-corrected chi connectivity index (χ2v) is 5.41. The Balaban J connectivity index is 2.30. The highest BCUT2D eigenvalue weighted by Gasteiger charge is 2.22. The monoisotopic (exact) mass is 257 g/mol. The van der Waals surface area contributed by atoms with E-state index in [2.05, 4.69) is 46.1 Å². The fraction of sp³-hybridized carbons (Fsp3) is 0.417. The number of fused-ring (bicyclic) bond motifs is 1. The summed E-state index contributed by atoms with van der Waals surface area (Å²) in [4.78, 5) is 8.62. The van der Waals surface area contributed by atoms with Gasteiger partial charge in [-0.2, -0.15) is 5.10 Å². The maximum Gasteiger partial charge on any atom is 0.182 e. The molecule has 19 heavy (non-hydrogen) atoms. The van der Waals surface area contributed by atoms with Gasteiger partial charge in [0.15, 0.2) is 11.2 Å². The zero-order valence-electron chi connectivity index (χ0n) is 11.4. The van der Waals surface area contributed by atoms with Crippen LogP contribution < -0.4 is 0 Å². The molecule has 0 aromatic carbocycles. The van der Waals surface area contributed by atoms with Crippen LogP contribution in [0.15, 0.2) is 18.6 Å². The first-order valence-corrected chi connectivity index (χ1v) is 6.04. The second-order valence-electron chi connectivity index (χ2n) is 5.41. The van der Waals surface area contributed by atoms with Crippen molar-refractivity contribution in [2.24, 2.45) is 7.05 Å². The number of rotatable bonds is 1. The van der Waals surface area contributed by atoms with Crippen LogP contribution >= 0.6 is 0 Å². The standard InChI is InChI=1S/C12H15N7/c1-12(2,3)19-11-10(16-17-19)9(13-7-14-11)8-5-6-15-18(8)4/h5-7H,1-4H3. The van der Waals surface area contributed by atoms with Crippen molar-refractivity contribution < 1.29 is 0 Å². The number of aromatic nitrogens is 7. The maximum absolute atomic E-state index is 4.32. The molecule has 0 aliphatic heterocycles. The van der Waals surface area contributed by atoms with E-state index in [1.54, 1.807) is 10.9 Å².